The molecule has 2 heteroatoms. The first-order chi connectivity index (χ1) is 15.8. The van der Waals surface area contributed by atoms with Gasteiger partial charge in [-0.3, -0.25) is 0 Å². The molecule has 5 aromatic carbocycles. The normalized spacial score (nSPS) is 10.5. The summed E-state index contributed by atoms with van der Waals surface area (Å²) in [5.41, 5.74) is 9.09. The molecule has 0 amide bonds. The van der Waals surface area contributed by atoms with Crippen LogP contribution in [0.5, 0.6) is 0 Å². The van der Waals surface area contributed by atoms with Gasteiger partial charge in [-0.15, -0.1) is 0 Å². The number of nitrogens with one attached hydrogen (secondary N) is 2. The highest BCUT2D eigenvalue weighted by Gasteiger charge is 2.09. The van der Waals surface area contributed by atoms with E-state index in [-0.39, 0.29) is 0 Å². The number of rotatable bonds is 6. The van der Waals surface area contributed by atoms with Crippen LogP contribution in [0.3, 0.4) is 0 Å². The highest BCUT2D eigenvalue weighted by molar-refractivity contribution is 5.86. The Morgan fingerprint density at radius 2 is 0.688 bits per heavy atom. The molecule has 0 aliphatic carbocycles. The summed E-state index contributed by atoms with van der Waals surface area (Å²) in [5, 5.41) is 7.00. The van der Waals surface area contributed by atoms with Gasteiger partial charge in [-0.25, -0.2) is 0 Å². The second-order valence-corrected chi connectivity index (χ2v) is 7.69. The fourth-order valence-corrected chi connectivity index (χ4v) is 3.89. The van der Waals surface area contributed by atoms with Crippen molar-refractivity contribution in [2.45, 2.75) is 0 Å². The van der Waals surface area contributed by atoms with Gasteiger partial charge < -0.3 is 10.6 Å². The SMILES string of the molecule is c1ccc(Nc2cccc(-c3ccccc3-c3cccc(Nc4ccccc4)c3)c2)cc1. The van der Waals surface area contributed by atoms with Crippen LogP contribution >= 0.6 is 0 Å². The highest BCUT2D eigenvalue weighted by atomic mass is 14.9. The fourth-order valence-electron chi connectivity index (χ4n) is 3.89. The van der Waals surface area contributed by atoms with Crippen molar-refractivity contribution < 1.29 is 0 Å². The summed E-state index contributed by atoms with van der Waals surface area (Å²) in [4.78, 5) is 0. The minimum absolute atomic E-state index is 1.07. The second kappa shape index (κ2) is 9.23. The first-order valence-electron chi connectivity index (χ1n) is 10.8. The minimum Gasteiger partial charge on any atom is -0.356 e. The monoisotopic (exact) mass is 412 g/mol. The van der Waals surface area contributed by atoms with E-state index < -0.39 is 0 Å². The van der Waals surface area contributed by atoms with Gasteiger partial charge in [0.15, 0.2) is 0 Å². The van der Waals surface area contributed by atoms with Crippen molar-refractivity contribution in [1.82, 2.24) is 0 Å². The molecule has 2 N–H and O–H groups in total. The van der Waals surface area contributed by atoms with E-state index in [1.165, 1.54) is 22.3 Å². The number of hydrogen-bond acceptors (Lipinski definition) is 2. The molecule has 0 radical (unpaired) electrons. The van der Waals surface area contributed by atoms with E-state index in [2.05, 4.69) is 108 Å². The molecule has 0 aliphatic heterocycles. The van der Waals surface area contributed by atoms with Crippen molar-refractivity contribution in [3.63, 3.8) is 0 Å². The van der Waals surface area contributed by atoms with Gasteiger partial charge in [0.2, 0.25) is 0 Å². The van der Waals surface area contributed by atoms with Gasteiger partial charge >= 0.3 is 0 Å². The Hall–Kier alpha value is -4.30. The molecule has 0 heterocycles. The molecule has 0 aromatic heterocycles. The Morgan fingerprint density at radius 3 is 1.12 bits per heavy atom. The Morgan fingerprint density at radius 1 is 0.312 bits per heavy atom. The summed E-state index contributed by atoms with van der Waals surface area (Å²) < 4.78 is 0. The lowest BCUT2D eigenvalue weighted by atomic mass is 9.94. The summed E-state index contributed by atoms with van der Waals surface area (Å²) in [6, 6.07) is 46.2. The molecule has 0 unspecified atom stereocenters. The predicted molar refractivity (Wildman–Crippen MR) is 137 cm³/mol. The van der Waals surface area contributed by atoms with Gasteiger partial charge in [0.1, 0.15) is 0 Å². The molecule has 32 heavy (non-hydrogen) atoms. The van der Waals surface area contributed by atoms with Crippen molar-refractivity contribution in [3.8, 4) is 22.3 Å². The number of para-hydroxylation sites is 2. The molecule has 0 saturated heterocycles. The predicted octanol–water partition coefficient (Wildman–Crippen LogP) is 8.51. The van der Waals surface area contributed by atoms with E-state index >= 15 is 0 Å². The Kier molecular flexibility index (Phi) is 5.67. The van der Waals surface area contributed by atoms with Crippen molar-refractivity contribution >= 4 is 22.7 Å². The largest absolute Gasteiger partial charge is 0.356 e. The Labute approximate surface area is 189 Å². The molecule has 5 rings (SSSR count). The lowest BCUT2D eigenvalue weighted by molar-refractivity contribution is 1.52. The van der Waals surface area contributed by atoms with Crippen LogP contribution in [-0.2, 0) is 0 Å². The van der Waals surface area contributed by atoms with Crippen molar-refractivity contribution in [2.75, 3.05) is 10.6 Å². The van der Waals surface area contributed by atoms with Crippen LogP contribution in [-0.4, -0.2) is 0 Å². The molecule has 5 aromatic rings. The summed E-state index contributed by atoms with van der Waals surface area (Å²) >= 11 is 0. The lowest BCUT2D eigenvalue weighted by Crippen LogP contribution is -1.92. The van der Waals surface area contributed by atoms with E-state index in [1.54, 1.807) is 0 Å². The zero-order valence-corrected chi connectivity index (χ0v) is 17.7. The van der Waals surface area contributed by atoms with Gasteiger partial charge in [-0.05, 0) is 70.8 Å². The molecule has 0 aliphatic rings. The fraction of sp³-hybridized carbons (Fsp3) is 0. The minimum atomic E-state index is 1.07. The van der Waals surface area contributed by atoms with Gasteiger partial charge in [0.05, 0.1) is 0 Å². The van der Waals surface area contributed by atoms with Crippen molar-refractivity contribution in [3.05, 3.63) is 133 Å². The molecule has 0 atom stereocenters. The first kappa shape index (κ1) is 19.7. The molecule has 0 bridgehead atoms. The van der Waals surface area contributed by atoms with E-state index in [0.717, 1.165) is 22.7 Å². The molecule has 2 nitrogen and oxygen atoms in total. The smallest absolute Gasteiger partial charge is 0.0390 e. The number of hydrogen-bond donors (Lipinski definition) is 2. The maximum atomic E-state index is 3.50. The average molecular weight is 413 g/mol. The second-order valence-electron chi connectivity index (χ2n) is 7.69. The summed E-state index contributed by atoms with van der Waals surface area (Å²) in [5.74, 6) is 0. The Balaban J connectivity index is 1.47. The maximum Gasteiger partial charge on any atom is 0.0390 e. The average Bonchev–Trinajstić information content (AvgIpc) is 2.86. The topological polar surface area (TPSA) is 24.1 Å². The summed E-state index contributed by atoms with van der Waals surface area (Å²) in [6.45, 7) is 0. The zero-order chi connectivity index (χ0) is 21.6. The van der Waals surface area contributed by atoms with E-state index in [4.69, 9.17) is 0 Å². The summed E-state index contributed by atoms with van der Waals surface area (Å²) in [6.07, 6.45) is 0. The van der Waals surface area contributed by atoms with Gasteiger partial charge in [0, 0.05) is 22.7 Å². The van der Waals surface area contributed by atoms with Crippen LogP contribution < -0.4 is 10.6 Å². The van der Waals surface area contributed by atoms with Crippen molar-refractivity contribution in [2.24, 2.45) is 0 Å². The third-order valence-electron chi connectivity index (χ3n) is 5.40. The van der Waals surface area contributed by atoms with Crippen molar-refractivity contribution in [1.29, 1.82) is 0 Å². The van der Waals surface area contributed by atoms with E-state index in [1.807, 2.05) is 36.4 Å². The van der Waals surface area contributed by atoms with Crippen LogP contribution in [0.1, 0.15) is 0 Å². The van der Waals surface area contributed by atoms with Gasteiger partial charge in [0.25, 0.3) is 0 Å². The molecule has 0 fully saturated rings. The number of anilines is 4. The molecular weight excluding hydrogens is 388 g/mol. The van der Waals surface area contributed by atoms with Crippen LogP contribution in [0.25, 0.3) is 22.3 Å². The third-order valence-corrected chi connectivity index (χ3v) is 5.40. The molecule has 0 saturated carbocycles. The van der Waals surface area contributed by atoms with Gasteiger partial charge in [-0.2, -0.15) is 0 Å². The summed E-state index contributed by atoms with van der Waals surface area (Å²) in [7, 11) is 0. The first-order valence-corrected chi connectivity index (χ1v) is 10.8. The van der Waals surface area contributed by atoms with Crippen LogP contribution in [0.4, 0.5) is 22.7 Å². The van der Waals surface area contributed by atoms with E-state index in [9.17, 15) is 0 Å². The third kappa shape index (κ3) is 4.55. The Bertz CT molecular complexity index is 1210. The van der Waals surface area contributed by atoms with Crippen LogP contribution in [0.2, 0.25) is 0 Å². The maximum absolute atomic E-state index is 3.50. The van der Waals surface area contributed by atoms with Gasteiger partial charge in [-0.1, -0.05) is 84.9 Å². The molecular formula is C30H24N2. The molecule has 0 spiro atoms. The standard InChI is InChI=1S/C30H24N2/c1-3-13-25(14-4-1)31-27-17-9-11-23(21-27)29-19-7-8-20-30(29)24-12-10-18-28(22-24)32-26-15-5-2-6-16-26/h1-22,31-32H. The van der Waals surface area contributed by atoms with E-state index in [0.29, 0.717) is 0 Å². The molecule has 154 valence electrons. The van der Waals surface area contributed by atoms with Crippen LogP contribution in [0.15, 0.2) is 133 Å². The zero-order valence-electron chi connectivity index (χ0n) is 17.7. The quantitative estimate of drug-likeness (QED) is 0.292. The number of benzene rings is 5. The lowest BCUT2D eigenvalue weighted by Gasteiger charge is -2.14. The van der Waals surface area contributed by atoms with Crippen LogP contribution in [0, 0.1) is 0 Å². The highest BCUT2D eigenvalue weighted by Crippen LogP contribution is 2.35.